The Bertz CT molecular complexity index is 1430. The molecule has 0 saturated heterocycles. The highest BCUT2D eigenvalue weighted by atomic mass is 19.2. The summed E-state index contributed by atoms with van der Waals surface area (Å²) in [6.45, 7) is 2.26. The van der Waals surface area contributed by atoms with E-state index in [1.165, 1.54) is 12.1 Å². The van der Waals surface area contributed by atoms with Gasteiger partial charge in [0.15, 0.2) is 11.6 Å². The number of hydrogen-bond donors (Lipinski definition) is 0. The van der Waals surface area contributed by atoms with Gasteiger partial charge in [-0.05, 0) is 72.0 Å². The molecule has 0 unspecified atom stereocenters. The van der Waals surface area contributed by atoms with Crippen LogP contribution in [0.25, 0.3) is 10.8 Å². The minimum atomic E-state index is -0.954. The maximum absolute atomic E-state index is 14.6. The van der Waals surface area contributed by atoms with Crippen molar-refractivity contribution in [2.75, 3.05) is 6.61 Å². The number of hydrogen-bond acceptors (Lipinski definition) is 1. The zero-order chi connectivity index (χ0) is 24.9. The minimum absolute atomic E-state index is 0.0600. The molecule has 4 rings (SSSR count). The lowest BCUT2D eigenvalue weighted by atomic mass is 10.0. The number of benzene rings is 4. The van der Waals surface area contributed by atoms with Gasteiger partial charge in [-0.3, -0.25) is 0 Å². The fourth-order valence-electron chi connectivity index (χ4n) is 3.67. The molecule has 0 N–H and O–H groups in total. The Morgan fingerprint density at radius 2 is 1.37 bits per heavy atom. The molecule has 0 atom stereocenters. The van der Waals surface area contributed by atoms with Gasteiger partial charge in [-0.2, -0.15) is 0 Å². The van der Waals surface area contributed by atoms with Crippen molar-refractivity contribution in [3.8, 4) is 17.6 Å². The zero-order valence-corrected chi connectivity index (χ0v) is 18.9. The van der Waals surface area contributed by atoms with Crippen LogP contribution in [0.15, 0.2) is 60.7 Å². The number of ether oxygens (including phenoxy) is 1. The van der Waals surface area contributed by atoms with E-state index in [4.69, 9.17) is 4.74 Å². The lowest BCUT2D eigenvalue weighted by Gasteiger charge is -2.10. The molecule has 6 heteroatoms. The molecular weight excluding hydrogens is 459 g/mol. The fraction of sp³-hybridized carbons (Fsp3) is 0.172. The zero-order valence-electron chi connectivity index (χ0n) is 18.9. The van der Waals surface area contributed by atoms with Crippen molar-refractivity contribution in [3.05, 3.63) is 112 Å². The third-order valence-electron chi connectivity index (χ3n) is 5.51. The Morgan fingerprint density at radius 3 is 2.06 bits per heavy atom. The molecule has 4 aromatic carbocycles. The molecule has 0 radical (unpaired) electrons. The van der Waals surface area contributed by atoms with Crippen molar-refractivity contribution >= 4 is 10.8 Å². The Balaban J connectivity index is 1.47. The first kappa shape index (κ1) is 24.3. The van der Waals surface area contributed by atoms with E-state index < -0.39 is 29.1 Å². The van der Waals surface area contributed by atoms with E-state index in [2.05, 4.69) is 11.8 Å². The highest BCUT2D eigenvalue weighted by Crippen LogP contribution is 2.23. The van der Waals surface area contributed by atoms with Gasteiger partial charge in [0.05, 0.1) is 12.2 Å². The smallest absolute Gasteiger partial charge is 0.159 e. The molecule has 1 nitrogen and oxygen atoms in total. The van der Waals surface area contributed by atoms with Crippen molar-refractivity contribution in [2.45, 2.75) is 26.2 Å². The first-order valence-corrected chi connectivity index (χ1v) is 11.1. The molecule has 0 amide bonds. The van der Waals surface area contributed by atoms with Gasteiger partial charge < -0.3 is 4.74 Å². The van der Waals surface area contributed by atoms with E-state index in [-0.39, 0.29) is 29.7 Å². The summed E-state index contributed by atoms with van der Waals surface area (Å²) in [5.41, 5.74) is 1.16. The normalized spacial score (nSPS) is 10.8. The van der Waals surface area contributed by atoms with Crippen molar-refractivity contribution in [3.63, 3.8) is 0 Å². The lowest BCUT2D eigenvalue weighted by molar-refractivity contribution is 0.313. The van der Waals surface area contributed by atoms with E-state index in [1.54, 1.807) is 24.3 Å². The van der Waals surface area contributed by atoms with Crippen LogP contribution in [0.2, 0.25) is 0 Å². The molecule has 0 spiro atoms. The van der Waals surface area contributed by atoms with Crippen LogP contribution in [0.3, 0.4) is 0 Å². The molecule has 0 aromatic heterocycles. The summed E-state index contributed by atoms with van der Waals surface area (Å²) < 4.78 is 75.4. The maximum atomic E-state index is 14.6. The molecule has 0 fully saturated rings. The van der Waals surface area contributed by atoms with E-state index in [1.807, 2.05) is 6.92 Å². The predicted octanol–water partition coefficient (Wildman–Crippen LogP) is 7.51. The maximum Gasteiger partial charge on any atom is 0.159 e. The van der Waals surface area contributed by atoms with E-state index in [0.29, 0.717) is 28.5 Å². The van der Waals surface area contributed by atoms with Crippen molar-refractivity contribution in [2.24, 2.45) is 0 Å². The van der Waals surface area contributed by atoms with Crippen molar-refractivity contribution in [1.29, 1.82) is 0 Å². The predicted molar refractivity (Wildman–Crippen MR) is 126 cm³/mol. The Morgan fingerprint density at radius 1 is 0.657 bits per heavy atom. The Kier molecular flexibility index (Phi) is 7.36. The molecule has 0 saturated carbocycles. The summed E-state index contributed by atoms with van der Waals surface area (Å²) in [4.78, 5) is 0. The van der Waals surface area contributed by atoms with E-state index in [9.17, 15) is 22.0 Å². The number of fused-ring (bicyclic) bond motifs is 1. The molecule has 0 heterocycles. The van der Waals surface area contributed by atoms with Crippen LogP contribution in [0, 0.1) is 40.9 Å². The van der Waals surface area contributed by atoms with E-state index >= 15 is 0 Å². The SMILES string of the molecule is CCCOc1cc(F)c(CCc2ccc(C#Cc3ccc4cc(F)c(F)cc4c3)c(F)c2)c(F)c1. The average Bonchev–Trinajstić information content (AvgIpc) is 2.82. The molecule has 0 aliphatic heterocycles. The van der Waals surface area contributed by atoms with Gasteiger partial charge in [0, 0.05) is 23.3 Å². The summed E-state index contributed by atoms with van der Waals surface area (Å²) >= 11 is 0. The summed E-state index contributed by atoms with van der Waals surface area (Å²) in [5.74, 6) is 1.86. The quantitative estimate of drug-likeness (QED) is 0.205. The molecule has 0 bridgehead atoms. The van der Waals surface area contributed by atoms with Gasteiger partial charge in [-0.1, -0.05) is 30.9 Å². The Labute approximate surface area is 200 Å². The monoisotopic (exact) mass is 480 g/mol. The molecule has 4 aromatic rings. The second-order valence-corrected chi connectivity index (χ2v) is 8.11. The first-order valence-electron chi connectivity index (χ1n) is 11.1. The Hall–Kier alpha value is -3.85. The molecule has 178 valence electrons. The van der Waals surface area contributed by atoms with Crippen LogP contribution >= 0.6 is 0 Å². The van der Waals surface area contributed by atoms with Crippen LogP contribution in [0.1, 0.15) is 35.6 Å². The van der Waals surface area contributed by atoms with Gasteiger partial charge in [-0.25, -0.2) is 22.0 Å². The van der Waals surface area contributed by atoms with Crippen molar-refractivity contribution < 1.29 is 26.7 Å². The summed E-state index contributed by atoms with van der Waals surface area (Å²) in [6, 6.07) is 13.8. The molecule has 0 aliphatic carbocycles. The topological polar surface area (TPSA) is 9.23 Å². The summed E-state index contributed by atoms with van der Waals surface area (Å²) in [7, 11) is 0. The lowest BCUT2D eigenvalue weighted by Crippen LogP contribution is -2.02. The highest BCUT2D eigenvalue weighted by molar-refractivity contribution is 5.84. The van der Waals surface area contributed by atoms with Crippen LogP contribution in [0.4, 0.5) is 22.0 Å². The third-order valence-corrected chi connectivity index (χ3v) is 5.51. The third kappa shape index (κ3) is 5.81. The first-order chi connectivity index (χ1) is 16.8. The number of halogens is 5. The van der Waals surface area contributed by atoms with Crippen LogP contribution < -0.4 is 4.74 Å². The van der Waals surface area contributed by atoms with Gasteiger partial charge in [0.2, 0.25) is 0 Å². The van der Waals surface area contributed by atoms with Crippen LogP contribution in [0.5, 0.6) is 5.75 Å². The van der Waals surface area contributed by atoms with Gasteiger partial charge >= 0.3 is 0 Å². The standard InChI is InChI=1S/C29H21F5O/c1-2-11-35-23-16-26(31)24(27(32)17-23)10-6-19-4-8-20(25(30)13-19)7-3-18-5-9-21-14-28(33)29(34)15-22(21)12-18/h4-5,8-9,12-17H,2,6,10-11H2,1H3. The largest absolute Gasteiger partial charge is 0.493 e. The van der Waals surface area contributed by atoms with Gasteiger partial charge in [0.25, 0.3) is 0 Å². The summed E-state index contributed by atoms with van der Waals surface area (Å²) in [6.07, 6.45) is 1.02. The fourth-order valence-corrected chi connectivity index (χ4v) is 3.67. The molecule has 0 aliphatic rings. The highest BCUT2D eigenvalue weighted by Gasteiger charge is 2.13. The van der Waals surface area contributed by atoms with Crippen LogP contribution in [-0.4, -0.2) is 6.61 Å². The second kappa shape index (κ2) is 10.6. The average molecular weight is 480 g/mol. The van der Waals surface area contributed by atoms with Gasteiger partial charge in [-0.15, -0.1) is 0 Å². The van der Waals surface area contributed by atoms with Gasteiger partial charge in [0.1, 0.15) is 23.2 Å². The molecule has 35 heavy (non-hydrogen) atoms. The summed E-state index contributed by atoms with van der Waals surface area (Å²) in [5, 5.41) is 1.01. The number of aryl methyl sites for hydroxylation is 1. The second-order valence-electron chi connectivity index (χ2n) is 8.11. The van der Waals surface area contributed by atoms with E-state index in [0.717, 1.165) is 30.7 Å². The van der Waals surface area contributed by atoms with Crippen LogP contribution in [-0.2, 0) is 12.8 Å². The minimum Gasteiger partial charge on any atom is -0.493 e. The number of rotatable bonds is 6. The molecular formula is C29H21F5O. The van der Waals surface area contributed by atoms with Crippen molar-refractivity contribution in [1.82, 2.24) is 0 Å².